The van der Waals surface area contributed by atoms with E-state index in [0.717, 1.165) is 11.2 Å². The summed E-state index contributed by atoms with van der Waals surface area (Å²) >= 11 is 0. The Morgan fingerprint density at radius 3 is 2.73 bits per heavy atom. The van der Waals surface area contributed by atoms with Crippen molar-refractivity contribution >= 4 is 28.7 Å². The Labute approximate surface area is 150 Å². The van der Waals surface area contributed by atoms with Gasteiger partial charge in [-0.1, -0.05) is 18.2 Å². The van der Waals surface area contributed by atoms with Crippen LogP contribution in [-0.2, 0) is 16.1 Å². The fourth-order valence-corrected chi connectivity index (χ4v) is 3.03. The molecule has 1 atom stereocenters. The summed E-state index contributed by atoms with van der Waals surface area (Å²) in [6, 6.07) is 13.0. The Hall–Kier alpha value is -3.35. The number of nitrogens with zero attached hydrogens (tertiary/aromatic N) is 4. The van der Waals surface area contributed by atoms with Crippen molar-refractivity contribution in [3.63, 3.8) is 0 Å². The molecule has 0 aliphatic carbocycles. The highest BCUT2D eigenvalue weighted by molar-refractivity contribution is 5.97. The maximum Gasteiger partial charge on any atom is 0.230 e. The molecule has 2 amide bonds. The molecule has 0 radical (unpaired) electrons. The number of aromatic nitrogens is 3. The zero-order valence-electron chi connectivity index (χ0n) is 14.0. The monoisotopic (exact) mass is 347 g/mol. The van der Waals surface area contributed by atoms with Gasteiger partial charge in [-0.3, -0.25) is 19.6 Å². The van der Waals surface area contributed by atoms with E-state index in [1.54, 1.807) is 11.1 Å². The van der Waals surface area contributed by atoms with E-state index in [-0.39, 0.29) is 18.2 Å². The molecular formula is C19H17N5O2. The van der Waals surface area contributed by atoms with Crippen LogP contribution in [0, 0.1) is 5.92 Å². The molecule has 4 rings (SSSR count). The van der Waals surface area contributed by atoms with Gasteiger partial charge in [0.25, 0.3) is 0 Å². The van der Waals surface area contributed by atoms with E-state index in [1.807, 2.05) is 42.5 Å². The number of hydrogen-bond acceptors (Lipinski definition) is 5. The molecule has 130 valence electrons. The van der Waals surface area contributed by atoms with Crippen molar-refractivity contribution in [3.8, 4) is 0 Å². The van der Waals surface area contributed by atoms with Crippen molar-refractivity contribution in [2.75, 3.05) is 11.9 Å². The summed E-state index contributed by atoms with van der Waals surface area (Å²) in [5, 5.41) is 2.77. The number of likely N-dealkylation sites (tertiary alicyclic amines) is 1. The number of para-hydroxylation sites is 2. The molecule has 0 saturated carbocycles. The van der Waals surface area contributed by atoms with Gasteiger partial charge < -0.3 is 10.2 Å². The van der Waals surface area contributed by atoms with Crippen molar-refractivity contribution in [2.45, 2.75) is 13.0 Å². The van der Waals surface area contributed by atoms with Crippen LogP contribution in [0.2, 0.25) is 0 Å². The van der Waals surface area contributed by atoms with Gasteiger partial charge in [0.15, 0.2) is 5.82 Å². The molecule has 0 bridgehead atoms. The highest BCUT2D eigenvalue weighted by Gasteiger charge is 2.34. The largest absolute Gasteiger partial charge is 0.336 e. The Kier molecular flexibility index (Phi) is 4.27. The Balaban J connectivity index is 1.42. The second kappa shape index (κ2) is 6.87. The lowest BCUT2D eigenvalue weighted by molar-refractivity contribution is -0.128. The van der Waals surface area contributed by atoms with Crippen molar-refractivity contribution in [2.24, 2.45) is 5.92 Å². The van der Waals surface area contributed by atoms with Gasteiger partial charge in [-0.05, 0) is 24.3 Å². The van der Waals surface area contributed by atoms with E-state index < -0.39 is 5.92 Å². The lowest BCUT2D eigenvalue weighted by Crippen LogP contribution is -2.28. The first-order chi connectivity index (χ1) is 12.7. The Morgan fingerprint density at radius 1 is 1.12 bits per heavy atom. The quantitative estimate of drug-likeness (QED) is 0.780. The number of hydrogen-bond donors (Lipinski definition) is 1. The molecule has 1 fully saturated rings. The number of carbonyl (C=O) groups is 2. The Morgan fingerprint density at radius 2 is 1.92 bits per heavy atom. The number of rotatable bonds is 4. The summed E-state index contributed by atoms with van der Waals surface area (Å²) in [7, 11) is 0. The van der Waals surface area contributed by atoms with Crippen LogP contribution in [0.1, 0.15) is 12.1 Å². The SMILES string of the molecule is O=C(Nc1cnc2ccccc2n1)[C@H]1CC(=O)N(Cc2ccccn2)C1. The summed E-state index contributed by atoms with van der Waals surface area (Å²) in [5.41, 5.74) is 2.29. The van der Waals surface area contributed by atoms with Crippen LogP contribution < -0.4 is 5.32 Å². The number of anilines is 1. The van der Waals surface area contributed by atoms with E-state index in [9.17, 15) is 9.59 Å². The smallest absolute Gasteiger partial charge is 0.230 e. The van der Waals surface area contributed by atoms with Gasteiger partial charge in [0.05, 0.1) is 35.4 Å². The van der Waals surface area contributed by atoms with Crippen LogP contribution in [0.3, 0.4) is 0 Å². The molecule has 7 heteroatoms. The lowest BCUT2D eigenvalue weighted by atomic mass is 10.1. The van der Waals surface area contributed by atoms with Crippen LogP contribution >= 0.6 is 0 Å². The van der Waals surface area contributed by atoms with E-state index >= 15 is 0 Å². The minimum atomic E-state index is -0.403. The standard InChI is InChI=1S/C19H17N5O2/c25-18-9-13(11-24(18)12-14-5-3-4-8-20-14)19(26)23-17-10-21-15-6-1-2-7-16(15)22-17/h1-8,10,13H,9,11-12H2,(H,22,23,26)/t13-/m0/s1. The molecule has 3 heterocycles. The maximum atomic E-state index is 12.5. The number of carbonyl (C=O) groups excluding carboxylic acids is 2. The fourth-order valence-electron chi connectivity index (χ4n) is 3.03. The lowest BCUT2D eigenvalue weighted by Gasteiger charge is -2.16. The summed E-state index contributed by atoms with van der Waals surface area (Å²) in [4.78, 5) is 39.3. The molecule has 26 heavy (non-hydrogen) atoms. The van der Waals surface area contributed by atoms with Crippen LogP contribution in [0.25, 0.3) is 11.0 Å². The predicted molar refractivity (Wildman–Crippen MR) is 95.9 cm³/mol. The zero-order valence-corrected chi connectivity index (χ0v) is 14.0. The first-order valence-electron chi connectivity index (χ1n) is 8.39. The molecule has 1 N–H and O–H groups in total. The number of fused-ring (bicyclic) bond motifs is 1. The average Bonchev–Trinajstić information content (AvgIpc) is 3.03. The topological polar surface area (TPSA) is 88.1 Å². The highest BCUT2D eigenvalue weighted by Crippen LogP contribution is 2.21. The molecule has 1 aliphatic rings. The summed E-state index contributed by atoms with van der Waals surface area (Å²) in [6.07, 6.45) is 3.42. The van der Waals surface area contributed by atoms with E-state index in [1.165, 1.54) is 6.20 Å². The molecule has 1 aliphatic heterocycles. The zero-order chi connectivity index (χ0) is 17.9. The molecule has 7 nitrogen and oxygen atoms in total. The van der Waals surface area contributed by atoms with Gasteiger partial charge in [0.2, 0.25) is 11.8 Å². The number of nitrogens with one attached hydrogen (secondary N) is 1. The van der Waals surface area contributed by atoms with Crippen molar-refractivity contribution in [1.29, 1.82) is 0 Å². The van der Waals surface area contributed by atoms with Crippen molar-refractivity contribution < 1.29 is 9.59 Å². The second-order valence-electron chi connectivity index (χ2n) is 6.23. The normalized spacial score (nSPS) is 16.8. The van der Waals surface area contributed by atoms with Crippen LogP contribution in [-0.4, -0.2) is 38.2 Å². The van der Waals surface area contributed by atoms with E-state index in [2.05, 4.69) is 20.3 Å². The van der Waals surface area contributed by atoms with Gasteiger partial charge >= 0.3 is 0 Å². The van der Waals surface area contributed by atoms with Gasteiger partial charge in [-0.2, -0.15) is 0 Å². The Bertz CT molecular complexity index is 960. The molecule has 3 aromatic rings. The van der Waals surface area contributed by atoms with Gasteiger partial charge in [0.1, 0.15) is 0 Å². The minimum absolute atomic E-state index is 0.0413. The van der Waals surface area contributed by atoms with E-state index in [4.69, 9.17) is 0 Å². The third kappa shape index (κ3) is 3.37. The average molecular weight is 347 g/mol. The van der Waals surface area contributed by atoms with Crippen LogP contribution in [0.5, 0.6) is 0 Å². The predicted octanol–water partition coefficient (Wildman–Crippen LogP) is 2.01. The molecule has 1 saturated heterocycles. The first kappa shape index (κ1) is 16.1. The van der Waals surface area contributed by atoms with Crippen molar-refractivity contribution in [3.05, 3.63) is 60.6 Å². The second-order valence-corrected chi connectivity index (χ2v) is 6.23. The molecule has 0 unspecified atom stereocenters. The minimum Gasteiger partial charge on any atom is -0.336 e. The van der Waals surface area contributed by atoms with Crippen LogP contribution in [0.4, 0.5) is 5.82 Å². The maximum absolute atomic E-state index is 12.5. The molecule has 0 spiro atoms. The molecule has 1 aromatic carbocycles. The van der Waals surface area contributed by atoms with E-state index in [0.29, 0.717) is 24.4 Å². The fraction of sp³-hybridized carbons (Fsp3) is 0.211. The van der Waals surface area contributed by atoms with Gasteiger partial charge in [-0.15, -0.1) is 0 Å². The number of amides is 2. The van der Waals surface area contributed by atoms with Gasteiger partial charge in [-0.25, -0.2) is 4.98 Å². The third-order valence-corrected chi connectivity index (χ3v) is 4.36. The number of benzene rings is 1. The van der Waals surface area contributed by atoms with Crippen LogP contribution in [0.15, 0.2) is 54.9 Å². The molecular weight excluding hydrogens is 330 g/mol. The van der Waals surface area contributed by atoms with Crippen molar-refractivity contribution in [1.82, 2.24) is 19.9 Å². The third-order valence-electron chi connectivity index (χ3n) is 4.36. The van der Waals surface area contributed by atoms with Gasteiger partial charge in [0, 0.05) is 19.2 Å². The number of pyridine rings is 1. The summed E-state index contributed by atoms with van der Waals surface area (Å²) in [6.45, 7) is 0.793. The summed E-state index contributed by atoms with van der Waals surface area (Å²) < 4.78 is 0. The summed E-state index contributed by atoms with van der Waals surface area (Å²) in [5.74, 6) is -0.268. The first-order valence-corrected chi connectivity index (χ1v) is 8.39. The molecule has 2 aromatic heterocycles. The highest BCUT2D eigenvalue weighted by atomic mass is 16.2.